The van der Waals surface area contributed by atoms with E-state index in [2.05, 4.69) is 23.6 Å². The van der Waals surface area contributed by atoms with Crippen LogP contribution in [0.3, 0.4) is 0 Å². The van der Waals surface area contributed by atoms with Gasteiger partial charge in [0.2, 0.25) is 0 Å². The molecule has 1 atom stereocenters. The van der Waals surface area contributed by atoms with Crippen molar-refractivity contribution >= 4 is 12.0 Å². The fourth-order valence-electron chi connectivity index (χ4n) is 2.05. The molecule has 1 unspecified atom stereocenters. The number of hydrogen-bond acceptors (Lipinski definition) is 2. The van der Waals surface area contributed by atoms with Crippen LogP contribution in [0.1, 0.15) is 37.8 Å². The Bertz CT molecular complexity index is 474. The van der Waals surface area contributed by atoms with Gasteiger partial charge in [0.25, 0.3) is 0 Å². The molecule has 0 aliphatic rings. The van der Waals surface area contributed by atoms with E-state index in [0.717, 1.165) is 12.0 Å². The minimum Gasteiger partial charge on any atom is -0.481 e. The molecular weight excluding hydrogens is 268 g/mol. The maximum Gasteiger partial charge on any atom is 0.315 e. The molecule has 0 saturated carbocycles. The van der Waals surface area contributed by atoms with Gasteiger partial charge in [-0.25, -0.2) is 4.79 Å². The normalized spacial score (nSPS) is 11.7. The Morgan fingerprint density at radius 3 is 2.48 bits per heavy atom. The number of aliphatic carboxylic acids is 1. The number of rotatable bonds is 8. The van der Waals surface area contributed by atoms with E-state index in [4.69, 9.17) is 5.11 Å². The smallest absolute Gasteiger partial charge is 0.315 e. The molecule has 0 radical (unpaired) electrons. The first-order chi connectivity index (χ1) is 10.0. The second kappa shape index (κ2) is 9.00. The topological polar surface area (TPSA) is 78.4 Å². The molecule has 0 aliphatic heterocycles. The largest absolute Gasteiger partial charge is 0.481 e. The van der Waals surface area contributed by atoms with Crippen LogP contribution >= 0.6 is 0 Å². The molecule has 0 saturated heterocycles. The molecule has 3 N–H and O–H groups in total. The number of benzene rings is 1. The lowest BCUT2D eigenvalue weighted by molar-refractivity contribution is -0.141. The molecule has 116 valence electrons. The summed E-state index contributed by atoms with van der Waals surface area (Å²) in [7, 11) is 0. The van der Waals surface area contributed by atoms with Gasteiger partial charge < -0.3 is 15.7 Å². The van der Waals surface area contributed by atoms with E-state index < -0.39 is 5.97 Å². The van der Waals surface area contributed by atoms with Crippen LogP contribution in [-0.4, -0.2) is 23.7 Å². The zero-order chi connectivity index (χ0) is 15.7. The Balaban J connectivity index is 2.24. The highest BCUT2D eigenvalue weighted by Crippen LogP contribution is 2.08. The van der Waals surface area contributed by atoms with Crippen molar-refractivity contribution in [1.82, 2.24) is 10.6 Å². The van der Waals surface area contributed by atoms with Crippen molar-refractivity contribution in [3.63, 3.8) is 0 Å². The molecule has 5 nitrogen and oxygen atoms in total. The van der Waals surface area contributed by atoms with E-state index in [1.807, 2.05) is 18.2 Å². The molecular formula is C16H24N2O3. The third-order valence-electron chi connectivity index (χ3n) is 3.46. The lowest BCUT2D eigenvalue weighted by Crippen LogP contribution is -2.35. The van der Waals surface area contributed by atoms with Gasteiger partial charge in [-0.2, -0.15) is 0 Å². The summed E-state index contributed by atoms with van der Waals surface area (Å²) >= 11 is 0. The lowest BCUT2D eigenvalue weighted by Gasteiger charge is -2.11. The van der Waals surface area contributed by atoms with Crippen LogP contribution in [0.15, 0.2) is 24.3 Å². The highest BCUT2D eigenvalue weighted by atomic mass is 16.4. The third kappa shape index (κ3) is 6.29. The second-order valence-electron chi connectivity index (χ2n) is 5.11. The summed E-state index contributed by atoms with van der Waals surface area (Å²) in [6.07, 6.45) is 2.16. The van der Waals surface area contributed by atoms with Gasteiger partial charge in [0.05, 0.1) is 5.92 Å². The van der Waals surface area contributed by atoms with Crippen LogP contribution in [0.2, 0.25) is 0 Å². The number of carboxylic acids is 1. The molecule has 1 aromatic carbocycles. The van der Waals surface area contributed by atoms with Gasteiger partial charge in [0, 0.05) is 13.1 Å². The maximum atomic E-state index is 11.7. The SMILES string of the molecule is CCc1ccccc1CNC(=O)NCCCC(C)C(=O)O. The van der Waals surface area contributed by atoms with E-state index in [9.17, 15) is 9.59 Å². The van der Waals surface area contributed by atoms with Gasteiger partial charge >= 0.3 is 12.0 Å². The van der Waals surface area contributed by atoms with Gasteiger partial charge in [0.1, 0.15) is 0 Å². The molecule has 0 fully saturated rings. The average Bonchev–Trinajstić information content (AvgIpc) is 2.49. The molecule has 1 rings (SSSR count). The second-order valence-corrected chi connectivity index (χ2v) is 5.11. The van der Waals surface area contributed by atoms with Crippen LogP contribution in [-0.2, 0) is 17.8 Å². The number of nitrogens with one attached hydrogen (secondary N) is 2. The fourth-order valence-corrected chi connectivity index (χ4v) is 2.05. The maximum absolute atomic E-state index is 11.7. The standard InChI is InChI=1S/C16H24N2O3/c1-3-13-8-4-5-9-14(13)11-18-16(21)17-10-6-7-12(2)15(19)20/h4-5,8-9,12H,3,6-7,10-11H2,1-2H3,(H,19,20)(H2,17,18,21). The predicted octanol–water partition coefficient (Wildman–Crippen LogP) is 2.55. The summed E-state index contributed by atoms with van der Waals surface area (Å²) in [5.74, 6) is -1.16. The Kier molecular flexibility index (Phi) is 7.29. The van der Waals surface area contributed by atoms with Gasteiger partial charge in [-0.05, 0) is 30.4 Å². The van der Waals surface area contributed by atoms with Crippen molar-refractivity contribution < 1.29 is 14.7 Å². The zero-order valence-electron chi connectivity index (χ0n) is 12.7. The average molecular weight is 292 g/mol. The van der Waals surface area contributed by atoms with Crippen molar-refractivity contribution in [1.29, 1.82) is 0 Å². The first kappa shape index (κ1) is 17.0. The van der Waals surface area contributed by atoms with Crippen molar-refractivity contribution in [2.24, 2.45) is 5.92 Å². The minimum atomic E-state index is -0.796. The number of hydrogen-bond donors (Lipinski definition) is 3. The number of amides is 2. The van der Waals surface area contributed by atoms with E-state index in [1.165, 1.54) is 5.56 Å². The van der Waals surface area contributed by atoms with Crippen LogP contribution in [0, 0.1) is 5.92 Å². The summed E-state index contributed by atoms with van der Waals surface area (Å²) in [6, 6.07) is 7.80. The number of carbonyl (C=O) groups is 2. The zero-order valence-corrected chi connectivity index (χ0v) is 12.7. The predicted molar refractivity (Wildman–Crippen MR) is 82.1 cm³/mol. The Morgan fingerprint density at radius 1 is 1.19 bits per heavy atom. The van der Waals surface area contributed by atoms with Crippen LogP contribution in [0.5, 0.6) is 0 Å². The third-order valence-corrected chi connectivity index (χ3v) is 3.46. The molecule has 1 aromatic rings. The van der Waals surface area contributed by atoms with E-state index in [-0.39, 0.29) is 11.9 Å². The molecule has 0 bridgehead atoms. The van der Waals surface area contributed by atoms with Gasteiger partial charge in [-0.15, -0.1) is 0 Å². The molecule has 0 heterocycles. The summed E-state index contributed by atoms with van der Waals surface area (Å²) in [4.78, 5) is 22.3. The summed E-state index contributed by atoms with van der Waals surface area (Å²) < 4.78 is 0. The summed E-state index contributed by atoms with van der Waals surface area (Å²) in [5, 5.41) is 14.3. The van der Waals surface area contributed by atoms with Crippen molar-refractivity contribution in [3.05, 3.63) is 35.4 Å². The fraction of sp³-hybridized carbons (Fsp3) is 0.500. The first-order valence-corrected chi connectivity index (χ1v) is 7.35. The monoisotopic (exact) mass is 292 g/mol. The summed E-state index contributed by atoms with van der Waals surface area (Å²) in [6.45, 7) is 4.74. The lowest BCUT2D eigenvalue weighted by atomic mass is 10.1. The van der Waals surface area contributed by atoms with Gasteiger partial charge in [-0.1, -0.05) is 38.1 Å². The van der Waals surface area contributed by atoms with Crippen LogP contribution in [0.4, 0.5) is 4.79 Å². The molecule has 2 amide bonds. The first-order valence-electron chi connectivity index (χ1n) is 7.35. The number of urea groups is 1. The Morgan fingerprint density at radius 2 is 1.86 bits per heavy atom. The molecule has 21 heavy (non-hydrogen) atoms. The van der Waals surface area contributed by atoms with E-state index in [0.29, 0.717) is 25.9 Å². The Hall–Kier alpha value is -2.04. The quantitative estimate of drug-likeness (QED) is 0.644. The van der Waals surface area contributed by atoms with E-state index in [1.54, 1.807) is 6.92 Å². The van der Waals surface area contributed by atoms with Crippen molar-refractivity contribution in [2.45, 2.75) is 39.7 Å². The number of carboxylic acid groups (broad SMARTS) is 1. The highest BCUT2D eigenvalue weighted by Gasteiger charge is 2.10. The highest BCUT2D eigenvalue weighted by molar-refractivity contribution is 5.73. The summed E-state index contributed by atoms with van der Waals surface area (Å²) in [5.41, 5.74) is 2.35. The minimum absolute atomic E-state index is 0.219. The molecule has 0 aliphatic carbocycles. The van der Waals surface area contributed by atoms with Crippen LogP contribution < -0.4 is 10.6 Å². The number of carbonyl (C=O) groups excluding carboxylic acids is 1. The van der Waals surface area contributed by atoms with Crippen molar-refractivity contribution in [3.8, 4) is 0 Å². The van der Waals surface area contributed by atoms with Crippen molar-refractivity contribution in [2.75, 3.05) is 6.54 Å². The van der Waals surface area contributed by atoms with Gasteiger partial charge in [0.15, 0.2) is 0 Å². The molecule has 0 spiro atoms. The van der Waals surface area contributed by atoms with Gasteiger partial charge in [-0.3, -0.25) is 4.79 Å². The molecule has 5 heteroatoms. The Labute approximate surface area is 125 Å². The number of aryl methyl sites for hydroxylation is 1. The van der Waals surface area contributed by atoms with Crippen LogP contribution in [0.25, 0.3) is 0 Å². The molecule has 0 aromatic heterocycles. The van der Waals surface area contributed by atoms with E-state index >= 15 is 0 Å².